The molecule has 0 aliphatic heterocycles. The third kappa shape index (κ3) is 5.54. The van der Waals surface area contributed by atoms with Crippen molar-refractivity contribution in [1.82, 2.24) is 10.6 Å². The molecular formula is C19H28N2O. The minimum atomic E-state index is -0.0696. The van der Waals surface area contributed by atoms with E-state index in [9.17, 15) is 4.79 Å². The van der Waals surface area contributed by atoms with E-state index in [1.54, 1.807) is 0 Å². The molecule has 0 aromatic heterocycles. The zero-order valence-electron chi connectivity index (χ0n) is 14.1. The molecule has 0 heterocycles. The van der Waals surface area contributed by atoms with Crippen molar-refractivity contribution >= 4 is 5.91 Å². The maximum Gasteiger partial charge on any atom is 0.234 e. The Kier molecular flexibility index (Phi) is 7.70. The lowest BCUT2D eigenvalue weighted by Gasteiger charge is -2.23. The highest BCUT2D eigenvalue weighted by atomic mass is 16.1. The summed E-state index contributed by atoms with van der Waals surface area (Å²) >= 11 is 0. The van der Waals surface area contributed by atoms with Crippen molar-refractivity contribution in [1.29, 1.82) is 0 Å². The van der Waals surface area contributed by atoms with Crippen molar-refractivity contribution in [3.05, 3.63) is 35.4 Å². The molecule has 0 aliphatic rings. The Morgan fingerprint density at radius 3 is 2.27 bits per heavy atom. The van der Waals surface area contributed by atoms with Gasteiger partial charge in [-0.25, -0.2) is 0 Å². The predicted octanol–water partition coefficient (Wildman–Crippen LogP) is 3.24. The lowest BCUT2D eigenvalue weighted by atomic mass is 9.92. The number of carbonyl (C=O) groups is 1. The molecule has 120 valence electrons. The molecule has 0 bridgehead atoms. The van der Waals surface area contributed by atoms with Crippen LogP contribution in [0.5, 0.6) is 0 Å². The Labute approximate surface area is 134 Å². The Morgan fingerprint density at radius 1 is 1.18 bits per heavy atom. The van der Waals surface area contributed by atoms with Crippen molar-refractivity contribution in [2.75, 3.05) is 13.1 Å². The number of rotatable bonds is 8. The number of nitrogens with one attached hydrogen (secondary N) is 2. The van der Waals surface area contributed by atoms with Gasteiger partial charge in [0.2, 0.25) is 5.91 Å². The van der Waals surface area contributed by atoms with Gasteiger partial charge in [0.1, 0.15) is 0 Å². The summed E-state index contributed by atoms with van der Waals surface area (Å²) in [6.45, 7) is 9.29. The summed E-state index contributed by atoms with van der Waals surface area (Å²) in [5.41, 5.74) is 2.58. The summed E-state index contributed by atoms with van der Waals surface area (Å²) in [4.78, 5) is 11.7. The highest BCUT2D eigenvalue weighted by Crippen LogP contribution is 2.25. The quantitative estimate of drug-likeness (QED) is 0.724. The molecule has 0 radical (unpaired) electrons. The van der Waals surface area contributed by atoms with E-state index in [4.69, 9.17) is 6.42 Å². The van der Waals surface area contributed by atoms with Crippen LogP contribution in [0.15, 0.2) is 24.3 Å². The van der Waals surface area contributed by atoms with Gasteiger partial charge in [-0.3, -0.25) is 4.79 Å². The fourth-order valence-corrected chi connectivity index (χ4v) is 2.42. The van der Waals surface area contributed by atoms with E-state index in [2.05, 4.69) is 68.5 Å². The van der Waals surface area contributed by atoms with Gasteiger partial charge in [0.05, 0.1) is 13.1 Å². The molecule has 0 spiro atoms. The maximum atomic E-state index is 11.7. The van der Waals surface area contributed by atoms with Crippen LogP contribution in [0.2, 0.25) is 0 Å². The van der Waals surface area contributed by atoms with Crippen LogP contribution >= 0.6 is 0 Å². The summed E-state index contributed by atoms with van der Waals surface area (Å²) in [6, 6.07) is 8.87. The van der Waals surface area contributed by atoms with Gasteiger partial charge < -0.3 is 10.6 Å². The normalized spacial score (nSPS) is 13.5. The van der Waals surface area contributed by atoms with Crippen LogP contribution in [0.3, 0.4) is 0 Å². The van der Waals surface area contributed by atoms with E-state index in [1.807, 2.05) is 0 Å². The van der Waals surface area contributed by atoms with Crippen molar-refractivity contribution in [3.8, 4) is 12.3 Å². The minimum absolute atomic E-state index is 0.0696. The van der Waals surface area contributed by atoms with Crippen LogP contribution in [0.25, 0.3) is 0 Å². The van der Waals surface area contributed by atoms with Crippen molar-refractivity contribution in [3.63, 3.8) is 0 Å². The van der Waals surface area contributed by atoms with E-state index in [0.29, 0.717) is 11.8 Å². The van der Waals surface area contributed by atoms with Crippen molar-refractivity contribution in [2.45, 2.75) is 46.1 Å². The molecule has 1 rings (SSSR count). The molecule has 1 amide bonds. The van der Waals surface area contributed by atoms with Gasteiger partial charge in [0, 0.05) is 6.04 Å². The second-order valence-electron chi connectivity index (χ2n) is 6.06. The van der Waals surface area contributed by atoms with Gasteiger partial charge in [0.25, 0.3) is 0 Å². The number of amides is 1. The van der Waals surface area contributed by atoms with Gasteiger partial charge >= 0.3 is 0 Å². The summed E-state index contributed by atoms with van der Waals surface area (Å²) < 4.78 is 0. The zero-order valence-corrected chi connectivity index (χ0v) is 14.1. The molecule has 0 saturated heterocycles. The van der Waals surface area contributed by atoms with Crippen LogP contribution in [-0.2, 0) is 4.79 Å². The number of hydrogen-bond donors (Lipinski definition) is 2. The second-order valence-corrected chi connectivity index (χ2v) is 6.06. The first-order valence-corrected chi connectivity index (χ1v) is 8.03. The lowest BCUT2D eigenvalue weighted by molar-refractivity contribution is -0.120. The highest BCUT2D eigenvalue weighted by Gasteiger charge is 2.16. The minimum Gasteiger partial charge on any atom is -0.344 e. The summed E-state index contributed by atoms with van der Waals surface area (Å²) in [7, 11) is 0. The molecule has 1 aromatic carbocycles. The monoisotopic (exact) mass is 300 g/mol. The molecule has 2 atom stereocenters. The number of hydrogen-bond acceptors (Lipinski definition) is 2. The highest BCUT2D eigenvalue weighted by molar-refractivity contribution is 5.78. The van der Waals surface area contributed by atoms with E-state index >= 15 is 0 Å². The van der Waals surface area contributed by atoms with Crippen LogP contribution in [-0.4, -0.2) is 19.0 Å². The van der Waals surface area contributed by atoms with E-state index in [1.165, 1.54) is 11.1 Å². The number of terminal acetylenes is 1. The fourth-order valence-electron chi connectivity index (χ4n) is 2.42. The first kappa shape index (κ1) is 18.3. The van der Waals surface area contributed by atoms with Crippen LogP contribution in [0, 0.1) is 18.3 Å². The van der Waals surface area contributed by atoms with Crippen molar-refractivity contribution < 1.29 is 4.79 Å². The van der Waals surface area contributed by atoms with Gasteiger partial charge in [-0.2, -0.15) is 0 Å². The average Bonchev–Trinajstić information content (AvgIpc) is 2.52. The molecule has 1 aromatic rings. The van der Waals surface area contributed by atoms with Gasteiger partial charge in [-0.1, -0.05) is 57.9 Å². The maximum absolute atomic E-state index is 11.7. The first-order valence-electron chi connectivity index (χ1n) is 8.03. The van der Waals surface area contributed by atoms with E-state index < -0.39 is 0 Å². The molecule has 0 saturated carbocycles. The molecule has 3 nitrogen and oxygen atoms in total. The van der Waals surface area contributed by atoms with E-state index in [0.717, 1.165) is 6.42 Å². The van der Waals surface area contributed by atoms with Crippen molar-refractivity contribution in [2.24, 2.45) is 5.92 Å². The smallest absolute Gasteiger partial charge is 0.234 e. The fraction of sp³-hybridized carbons (Fsp3) is 0.526. The van der Waals surface area contributed by atoms with Crippen LogP contribution in [0.1, 0.15) is 57.2 Å². The number of carbonyl (C=O) groups excluding carboxylic acids is 1. The third-order valence-corrected chi connectivity index (χ3v) is 4.01. The average molecular weight is 300 g/mol. The summed E-state index contributed by atoms with van der Waals surface area (Å²) in [6.07, 6.45) is 6.28. The summed E-state index contributed by atoms with van der Waals surface area (Å²) in [5.74, 6) is 3.31. The Hall–Kier alpha value is -1.79. The van der Waals surface area contributed by atoms with Crippen LogP contribution < -0.4 is 10.6 Å². The summed E-state index contributed by atoms with van der Waals surface area (Å²) in [5, 5.41) is 6.00. The SMILES string of the molecule is C#CCNC(=O)CN[C@@H](c1ccc([C@H](C)CC)cc1)C(C)C. The predicted molar refractivity (Wildman–Crippen MR) is 92.6 cm³/mol. The van der Waals surface area contributed by atoms with Gasteiger partial charge in [0.15, 0.2) is 0 Å². The van der Waals surface area contributed by atoms with Gasteiger partial charge in [-0.15, -0.1) is 6.42 Å². The Bertz CT molecular complexity index is 499. The standard InChI is InChI=1S/C19H28N2O/c1-6-12-20-18(22)13-21-19(14(3)4)17-10-8-16(9-11-17)15(5)7-2/h1,8-11,14-15,19,21H,7,12-13H2,2-5H3,(H,20,22)/t15-,19-/m1/s1. The molecule has 0 unspecified atom stereocenters. The molecule has 22 heavy (non-hydrogen) atoms. The Balaban J connectivity index is 2.71. The van der Waals surface area contributed by atoms with Crippen LogP contribution in [0.4, 0.5) is 0 Å². The lowest BCUT2D eigenvalue weighted by Crippen LogP contribution is -2.37. The topological polar surface area (TPSA) is 41.1 Å². The molecular weight excluding hydrogens is 272 g/mol. The molecule has 2 N–H and O–H groups in total. The van der Waals surface area contributed by atoms with Gasteiger partial charge in [-0.05, 0) is 29.4 Å². The largest absolute Gasteiger partial charge is 0.344 e. The molecule has 0 fully saturated rings. The van der Waals surface area contributed by atoms with E-state index in [-0.39, 0.29) is 25.0 Å². The number of benzene rings is 1. The first-order chi connectivity index (χ1) is 10.5. The molecule has 0 aliphatic carbocycles. The molecule has 3 heteroatoms. The second kappa shape index (κ2) is 9.27. The third-order valence-electron chi connectivity index (χ3n) is 4.01. The zero-order chi connectivity index (χ0) is 16.5. The Morgan fingerprint density at radius 2 is 1.77 bits per heavy atom.